The van der Waals surface area contributed by atoms with E-state index in [2.05, 4.69) is 4.98 Å². The summed E-state index contributed by atoms with van der Waals surface area (Å²) in [5.41, 5.74) is 1.47. The topological polar surface area (TPSA) is 50.9 Å². The van der Waals surface area contributed by atoms with Gasteiger partial charge in [-0.25, -0.2) is 4.98 Å². The zero-order valence-electron chi connectivity index (χ0n) is 54.4. The highest BCUT2D eigenvalue weighted by Gasteiger charge is 2.24. The Morgan fingerprint density at radius 3 is 1.97 bits per heavy atom. The van der Waals surface area contributed by atoms with E-state index < -0.39 is 102 Å². The minimum atomic E-state index is -3.93. The van der Waals surface area contributed by atoms with Gasteiger partial charge in [0.1, 0.15) is 11.6 Å². The van der Waals surface area contributed by atoms with Crippen LogP contribution in [0, 0.1) is 13.8 Å². The highest BCUT2D eigenvalue weighted by atomic mass is 16.3. The van der Waals surface area contributed by atoms with E-state index in [9.17, 15) is 6.48 Å². The van der Waals surface area contributed by atoms with E-state index in [0.29, 0.717) is 50.4 Å². The SMILES string of the molecule is [2H]c1nc(-c2cc(-c3cccc4c3nc(-c3cc(C)cc(C)c3O)n4-c3ccc(-c4c(C([2H])(C)C)cccc4C([2H])(C)C)cc3)cc(C(C)(C)C)c2)c([2H])c(-c2c([2H])c([2H])c(C(C([2H])([2H])[2H])(C([2H])([2H])[2H])C([2H])([2H])[2H])c([2H])c2[2H])c1[2H]. The first-order chi connectivity index (χ1) is 36.7. The van der Waals surface area contributed by atoms with Gasteiger partial charge >= 0.3 is 0 Å². The van der Waals surface area contributed by atoms with Crippen molar-refractivity contribution in [2.45, 2.75) is 105 Å². The smallest absolute Gasteiger partial charge is 0.149 e. The molecule has 2 aromatic heterocycles. The van der Waals surface area contributed by atoms with Crippen LogP contribution in [0.25, 0.3) is 72.7 Å². The normalized spacial score (nSPS) is 17.4. The average Bonchev–Trinajstić information content (AvgIpc) is 2.90. The van der Waals surface area contributed by atoms with Gasteiger partial charge in [-0.2, -0.15) is 0 Å². The van der Waals surface area contributed by atoms with E-state index in [-0.39, 0.29) is 17.0 Å². The molecule has 0 unspecified atom stereocenters. The molecule has 0 saturated carbocycles. The van der Waals surface area contributed by atoms with E-state index in [1.54, 1.807) is 19.1 Å². The Hall–Kier alpha value is -6.26. The van der Waals surface area contributed by atoms with Crippen LogP contribution in [0.3, 0.4) is 0 Å². The van der Waals surface area contributed by atoms with Gasteiger partial charge in [-0.1, -0.05) is 148 Å². The van der Waals surface area contributed by atoms with Crippen LogP contribution < -0.4 is 0 Å². The van der Waals surface area contributed by atoms with Gasteiger partial charge in [0.25, 0.3) is 0 Å². The highest BCUT2D eigenvalue weighted by Crippen LogP contribution is 2.42. The fourth-order valence-corrected chi connectivity index (χ4v) is 7.94. The number of rotatable bonds is 8. The van der Waals surface area contributed by atoms with Crippen LogP contribution in [-0.2, 0) is 10.8 Å². The van der Waals surface area contributed by atoms with Gasteiger partial charge < -0.3 is 5.11 Å². The molecule has 1 N–H and O–H groups in total. The first-order valence-electron chi connectivity index (χ1n) is 29.5. The number of hydrogen-bond donors (Lipinski definition) is 1. The quantitative estimate of drug-likeness (QED) is 0.166. The molecular weight excluding hydrogens is 755 g/mol. The zero-order chi connectivity index (χ0) is 59.7. The van der Waals surface area contributed by atoms with E-state index in [1.165, 1.54) is 0 Å². The Morgan fingerprint density at radius 1 is 0.661 bits per heavy atom. The molecule has 4 nitrogen and oxygen atoms in total. The van der Waals surface area contributed by atoms with Gasteiger partial charge in [0.15, 0.2) is 0 Å². The lowest BCUT2D eigenvalue weighted by atomic mass is 9.83. The van der Waals surface area contributed by atoms with Crippen molar-refractivity contribution in [1.29, 1.82) is 0 Å². The lowest BCUT2D eigenvalue weighted by molar-refractivity contribution is 0.472. The second-order valence-corrected chi connectivity index (χ2v) is 17.4. The number of phenolic OH excluding ortho intramolecular Hbond substituents is 1. The maximum atomic E-state index is 11.8. The molecule has 314 valence electrons. The Bertz CT molecular complexity index is 3700. The molecule has 8 rings (SSSR count). The van der Waals surface area contributed by atoms with Crippen molar-refractivity contribution < 1.29 is 29.8 Å². The van der Waals surface area contributed by atoms with E-state index in [0.717, 1.165) is 27.8 Å². The average molecular weight is 834 g/mol. The van der Waals surface area contributed by atoms with Gasteiger partial charge in [-0.05, 0) is 146 Å². The van der Waals surface area contributed by atoms with Crippen LogP contribution >= 0.6 is 0 Å². The molecule has 0 radical (unpaired) electrons. The Morgan fingerprint density at radius 2 is 1.32 bits per heavy atom. The molecule has 4 heteroatoms. The lowest BCUT2D eigenvalue weighted by Crippen LogP contribution is -2.11. The molecular formula is C58H61N3O. The molecule has 8 aromatic rings. The molecule has 6 aromatic carbocycles. The number of aryl methyl sites for hydroxylation is 2. The molecule has 0 amide bonds. The molecule has 0 aliphatic heterocycles. The van der Waals surface area contributed by atoms with Crippen LogP contribution in [-0.4, -0.2) is 19.6 Å². The van der Waals surface area contributed by atoms with Gasteiger partial charge in [0, 0.05) is 38.1 Å². The predicted molar refractivity (Wildman–Crippen MR) is 263 cm³/mol. The summed E-state index contributed by atoms with van der Waals surface area (Å²) >= 11 is 0. The largest absolute Gasteiger partial charge is 0.507 e. The fourth-order valence-electron chi connectivity index (χ4n) is 7.94. The summed E-state index contributed by atoms with van der Waals surface area (Å²) in [7, 11) is 0. The third-order valence-electron chi connectivity index (χ3n) is 11.2. The number of hydrogen-bond acceptors (Lipinski definition) is 3. The number of phenols is 1. The third kappa shape index (κ3) is 8.11. The number of para-hydroxylation sites is 1. The number of benzene rings is 6. The summed E-state index contributed by atoms with van der Waals surface area (Å²) < 4.78 is 158. The summed E-state index contributed by atoms with van der Waals surface area (Å²) in [5.74, 6) is -1.56. The van der Waals surface area contributed by atoms with Crippen molar-refractivity contribution in [2.24, 2.45) is 0 Å². The zero-order valence-corrected chi connectivity index (χ0v) is 36.4. The summed E-state index contributed by atoms with van der Waals surface area (Å²) in [4.78, 5) is 9.69. The lowest BCUT2D eigenvalue weighted by Gasteiger charge is -2.22. The maximum absolute atomic E-state index is 11.8. The molecule has 0 spiro atoms. The van der Waals surface area contributed by atoms with Crippen LogP contribution in [0.1, 0.15) is 139 Å². The second kappa shape index (κ2) is 16.2. The molecule has 0 saturated heterocycles. The highest BCUT2D eigenvalue weighted by molar-refractivity contribution is 5.97. The number of imidazole rings is 1. The first kappa shape index (κ1) is 25.6. The molecule has 0 aliphatic rings. The molecule has 62 heavy (non-hydrogen) atoms. The van der Waals surface area contributed by atoms with Crippen LogP contribution in [0.4, 0.5) is 0 Å². The Labute approximate surface area is 394 Å². The van der Waals surface area contributed by atoms with Crippen LogP contribution in [0.5, 0.6) is 5.75 Å². The van der Waals surface area contributed by atoms with E-state index in [1.807, 2.05) is 139 Å². The monoisotopic (exact) mass is 834 g/mol. The molecule has 0 atom stereocenters. The summed E-state index contributed by atoms with van der Waals surface area (Å²) in [6.45, 7) is 5.08. The molecule has 0 fully saturated rings. The first-order valence-corrected chi connectivity index (χ1v) is 20.5. The standard InChI is InChI=1S/C58H61N3O/c1-35(2)47-15-13-16-48(36(3)4)53(47)40-21-25-46(26-22-40)61-52-18-14-17-49(54(52)60-56(61)50-30-37(5)29-38(6)55(50)62)42-31-43(33-45(32-42)58(10,11)12)51-34-41(27-28-59-51)39-19-23-44(24-20-39)57(7,8)9/h13-36,62H,1-12H3/i7D3,8D3,9D3,19D,20D,23D,24D,27D,28D,34D,35D,36D. The van der Waals surface area contributed by atoms with E-state index >= 15 is 0 Å². The van der Waals surface area contributed by atoms with Crippen molar-refractivity contribution in [2.75, 3.05) is 0 Å². The van der Waals surface area contributed by atoms with E-state index in [4.69, 9.17) is 28.3 Å². The van der Waals surface area contributed by atoms with Gasteiger partial charge in [0.05, 0.1) is 31.9 Å². The third-order valence-corrected chi connectivity index (χ3v) is 11.2. The predicted octanol–water partition coefficient (Wildman–Crippen LogP) is 15.9. The Kier molecular flexibility index (Phi) is 6.70. The molecule has 2 heterocycles. The van der Waals surface area contributed by atoms with Gasteiger partial charge in [-0.15, -0.1) is 0 Å². The molecule has 0 bridgehead atoms. The van der Waals surface area contributed by atoms with Crippen molar-refractivity contribution in [1.82, 2.24) is 14.5 Å². The number of fused-ring (bicyclic) bond motifs is 1. The number of pyridine rings is 1. The van der Waals surface area contributed by atoms with Crippen molar-refractivity contribution in [3.05, 3.63) is 167 Å². The van der Waals surface area contributed by atoms with Crippen molar-refractivity contribution in [3.63, 3.8) is 0 Å². The van der Waals surface area contributed by atoms with Crippen molar-refractivity contribution >= 4 is 11.0 Å². The number of nitrogens with zero attached hydrogens (tertiary/aromatic N) is 3. The van der Waals surface area contributed by atoms with Gasteiger partial charge in [0.2, 0.25) is 0 Å². The minimum Gasteiger partial charge on any atom is -0.507 e. The van der Waals surface area contributed by atoms with Crippen molar-refractivity contribution in [3.8, 4) is 67.5 Å². The summed E-state index contributed by atoms with van der Waals surface area (Å²) in [6, 6.07) is 21.9. The van der Waals surface area contributed by atoms with Gasteiger partial charge in [-0.3, -0.25) is 9.55 Å². The minimum absolute atomic E-state index is 0.0210. The maximum Gasteiger partial charge on any atom is 0.149 e. The molecule has 0 aliphatic carbocycles. The number of aromatic nitrogens is 3. The number of aromatic hydroxyl groups is 1. The summed E-state index contributed by atoms with van der Waals surface area (Å²) in [6.07, 6.45) is -0.743. The summed E-state index contributed by atoms with van der Waals surface area (Å²) in [5, 5.41) is 11.8. The Balaban J connectivity index is 1.39. The second-order valence-electron chi connectivity index (χ2n) is 17.4. The fraction of sp³-hybridized carbons (Fsp3) is 0.276. The van der Waals surface area contributed by atoms with Crippen LogP contribution in [0.15, 0.2) is 133 Å². The van der Waals surface area contributed by atoms with Crippen LogP contribution in [0.2, 0.25) is 0 Å².